The van der Waals surface area contributed by atoms with E-state index in [0.29, 0.717) is 31.0 Å². The van der Waals surface area contributed by atoms with Crippen molar-refractivity contribution in [3.05, 3.63) is 24.3 Å². The van der Waals surface area contributed by atoms with Gasteiger partial charge in [0.25, 0.3) is 0 Å². The third kappa shape index (κ3) is 7.91. The third-order valence-corrected chi connectivity index (χ3v) is 4.72. The number of aliphatic hydroxyl groups is 1. The number of aliphatic hydroxyl groups excluding tert-OH is 1. The molecule has 0 heterocycles. The first-order valence-electron chi connectivity index (χ1n) is 9.31. The van der Waals surface area contributed by atoms with Crippen molar-refractivity contribution in [3.63, 3.8) is 0 Å². The lowest BCUT2D eigenvalue weighted by Crippen LogP contribution is -2.19. The molecule has 4 heteroatoms. The summed E-state index contributed by atoms with van der Waals surface area (Å²) >= 11 is 0. The van der Waals surface area contributed by atoms with Gasteiger partial charge in [-0.15, -0.1) is 0 Å². The van der Waals surface area contributed by atoms with Crippen molar-refractivity contribution in [2.24, 2.45) is 11.8 Å². The summed E-state index contributed by atoms with van der Waals surface area (Å²) in [7, 11) is 0. The van der Waals surface area contributed by atoms with Gasteiger partial charge in [0.05, 0.1) is 0 Å². The molecule has 0 aromatic carbocycles. The number of carbonyl (C=O) groups excluding carboxylic acids is 1. The van der Waals surface area contributed by atoms with Gasteiger partial charge in [0.2, 0.25) is 0 Å². The van der Waals surface area contributed by atoms with Gasteiger partial charge in [-0.3, -0.25) is 4.79 Å². The lowest BCUT2D eigenvalue weighted by Gasteiger charge is -2.15. The van der Waals surface area contributed by atoms with Crippen molar-refractivity contribution >= 4 is 11.8 Å². The number of allylic oxidation sites excluding steroid dienone is 4. The standard InChI is InChI=1S/C20H32O4/c1-2-3-4-5-6-8-11-16-14-15-18(21)17(16)12-9-7-10-13-19(22)20(23)24/h3-4,8,11,16-17,19,22H,2,5-7,9-10,12-15H2,1H3,(H,23,24)/t16-,17+,19?/m0/s1. The molecule has 0 aliphatic heterocycles. The fourth-order valence-corrected chi connectivity index (χ4v) is 3.29. The van der Waals surface area contributed by atoms with Crippen LogP contribution in [-0.4, -0.2) is 28.1 Å². The molecule has 136 valence electrons. The molecule has 0 aromatic rings. The minimum atomic E-state index is -1.25. The summed E-state index contributed by atoms with van der Waals surface area (Å²) < 4.78 is 0. The molecule has 0 saturated heterocycles. The van der Waals surface area contributed by atoms with E-state index in [1.54, 1.807) is 0 Å². The number of hydrogen-bond donors (Lipinski definition) is 2. The highest BCUT2D eigenvalue weighted by Gasteiger charge is 2.32. The molecule has 1 aliphatic carbocycles. The normalized spacial score (nSPS) is 22.7. The summed E-state index contributed by atoms with van der Waals surface area (Å²) in [5.74, 6) is -0.268. The van der Waals surface area contributed by atoms with Gasteiger partial charge in [-0.25, -0.2) is 4.79 Å². The number of rotatable bonds is 12. The van der Waals surface area contributed by atoms with Crippen LogP contribution in [0, 0.1) is 11.8 Å². The largest absolute Gasteiger partial charge is 0.479 e. The summed E-state index contributed by atoms with van der Waals surface area (Å²) in [6.07, 6.45) is 16.0. The number of aliphatic carboxylic acids is 1. The average molecular weight is 336 g/mol. The van der Waals surface area contributed by atoms with Crippen LogP contribution in [0.4, 0.5) is 0 Å². The van der Waals surface area contributed by atoms with Crippen molar-refractivity contribution in [1.82, 2.24) is 0 Å². The molecule has 24 heavy (non-hydrogen) atoms. The monoisotopic (exact) mass is 336 g/mol. The molecule has 0 spiro atoms. The average Bonchev–Trinajstić information content (AvgIpc) is 2.90. The Morgan fingerprint density at radius 1 is 1.21 bits per heavy atom. The van der Waals surface area contributed by atoms with E-state index >= 15 is 0 Å². The van der Waals surface area contributed by atoms with Crippen LogP contribution < -0.4 is 0 Å². The summed E-state index contributed by atoms with van der Waals surface area (Å²) in [6.45, 7) is 2.13. The lowest BCUT2D eigenvalue weighted by atomic mass is 9.89. The summed E-state index contributed by atoms with van der Waals surface area (Å²) in [5, 5.41) is 17.9. The molecular weight excluding hydrogens is 304 g/mol. The molecule has 0 bridgehead atoms. The zero-order valence-electron chi connectivity index (χ0n) is 14.8. The second-order valence-corrected chi connectivity index (χ2v) is 6.65. The molecular formula is C20H32O4. The van der Waals surface area contributed by atoms with E-state index in [2.05, 4.69) is 31.2 Å². The van der Waals surface area contributed by atoms with Gasteiger partial charge in [0.1, 0.15) is 5.78 Å². The molecule has 1 unspecified atom stereocenters. The Hall–Kier alpha value is -1.42. The number of carboxylic acids is 1. The first kappa shape index (κ1) is 20.6. The van der Waals surface area contributed by atoms with Crippen LogP contribution in [0.2, 0.25) is 0 Å². The Balaban J connectivity index is 2.26. The van der Waals surface area contributed by atoms with Crippen molar-refractivity contribution in [2.45, 2.75) is 77.2 Å². The SMILES string of the molecule is CCC=CCCC=C[C@H]1CCC(=O)[C@@H]1CCCCCC(O)C(=O)O. The van der Waals surface area contributed by atoms with Crippen molar-refractivity contribution in [1.29, 1.82) is 0 Å². The summed E-state index contributed by atoms with van der Waals surface area (Å²) in [4.78, 5) is 22.6. The van der Waals surface area contributed by atoms with Crippen LogP contribution >= 0.6 is 0 Å². The number of Topliss-reactive ketones (excluding diaryl/α,β-unsaturated/α-hetero) is 1. The van der Waals surface area contributed by atoms with E-state index < -0.39 is 12.1 Å². The van der Waals surface area contributed by atoms with E-state index in [-0.39, 0.29) is 5.92 Å². The predicted molar refractivity (Wildman–Crippen MR) is 95.8 cm³/mol. The van der Waals surface area contributed by atoms with Crippen LogP contribution in [0.3, 0.4) is 0 Å². The molecule has 0 aromatic heterocycles. The quantitative estimate of drug-likeness (QED) is 0.412. The fourth-order valence-electron chi connectivity index (χ4n) is 3.29. The van der Waals surface area contributed by atoms with Crippen LogP contribution in [0.25, 0.3) is 0 Å². The van der Waals surface area contributed by atoms with Gasteiger partial charge in [-0.1, -0.05) is 50.5 Å². The minimum absolute atomic E-state index is 0.136. The minimum Gasteiger partial charge on any atom is -0.479 e. The lowest BCUT2D eigenvalue weighted by molar-refractivity contribution is -0.146. The molecule has 4 nitrogen and oxygen atoms in total. The molecule has 1 fully saturated rings. The van der Waals surface area contributed by atoms with E-state index in [1.165, 1.54) is 0 Å². The van der Waals surface area contributed by atoms with Crippen molar-refractivity contribution < 1.29 is 19.8 Å². The maximum absolute atomic E-state index is 12.1. The van der Waals surface area contributed by atoms with E-state index in [9.17, 15) is 14.7 Å². The smallest absolute Gasteiger partial charge is 0.332 e. The Labute approximate surface area is 145 Å². The molecule has 1 rings (SSSR count). The van der Waals surface area contributed by atoms with E-state index in [1.807, 2.05) is 0 Å². The zero-order valence-corrected chi connectivity index (χ0v) is 14.8. The molecule has 1 saturated carbocycles. The van der Waals surface area contributed by atoms with E-state index in [0.717, 1.165) is 44.9 Å². The molecule has 0 radical (unpaired) electrons. The Morgan fingerprint density at radius 3 is 2.67 bits per heavy atom. The maximum atomic E-state index is 12.1. The van der Waals surface area contributed by atoms with Crippen LogP contribution in [0.5, 0.6) is 0 Å². The van der Waals surface area contributed by atoms with Gasteiger partial charge >= 0.3 is 5.97 Å². The number of carbonyl (C=O) groups is 2. The maximum Gasteiger partial charge on any atom is 0.332 e. The number of carboxylic acid groups (broad SMARTS) is 1. The van der Waals surface area contributed by atoms with Gasteiger partial charge in [-0.2, -0.15) is 0 Å². The Bertz CT molecular complexity index is 439. The highest BCUT2D eigenvalue weighted by molar-refractivity contribution is 5.83. The van der Waals surface area contributed by atoms with E-state index in [4.69, 9.17) is 5.11 Å². The van der Waals surface area contributed by atoms with Crippen molar-refractivity contribution in [3.8, 4) is 0 Å². The zero-order chi connectivity index (χ0) is 17.8. The second kappa shape index (κ2) is 12.0. The topological polar surface area (TPSA) is 74.6 Å². The van der Waals surface area contributed by atoms with Crippen LogP contribution in [-0.2, 0) is 9.59 Å². The second-order valence-electron chi connectivity index (χ2n) is 6.65. The summed E-state index contributed by atoms with van der Waals surface area (Å²) in [6, 6.07) is 0. The Morgan fingerprint density at radius 2 is 1.96 bits per heavy atom. The molecule has 3 atom stereocenters. The van der Waals surface area contributed by atoms with Gasteiger partial charge in [0.15, 0.2) is 6.10 Å². The van der Waals surface area contributed by atoms with Crippen molar-refractivity contribution in [2.75, 3.05) is 0 Å². The molecule has 0 amide bonds. The highest BCUT2D eigenvalue weighted by atomic mass is 16.4. The van der Waals surface area contributed by atoms with Crippen LogP contribution in [0.15, 0.2) is 24.3 Å². The predicted octanol–water partition coefficient (Wildman–Crippen LogP) is 4.28. The third-order valence-electron chi connectivity index (χ3n) is 4.72. The fraction of sp³-hybridized carbons (Fsp3) is 0.700. The first-order valence-corrected chi connectivity index (χ1v) is 9.31. The molecule has 2 N–H and O–H groups in total. The highest BCUT2D eigenvalue weighted by Crippen LogP contribution is 2.34. The first-order chi connectivity index (χ1) is 11.6. The Kier molecular flexibility index (Phi) is 10.3. The number of hydrogen-bond acceptors (Lipinski definition) is 3. The molecule has 1 aliphatic rings. The number of ketones is 1. The van der Waals surface area contributed by atoms with Gasteiger partial charge < -0.3 is 10.2 Å². The number of unbranched alkanes of at least 4 members (excludes halogenated alkanes) is 3. The summed E-state index contributed by atoms with van der Waals surface area (Å²) in [5.41, 5.74) is 0. The van der Waals surface area contributed by atoms with Crippen LogP contribution in [0.1, 0.15) is 71.1 Å². The van der Waals surface area contributed by atoms with Gasteiger partial charge in [-0.05, 0) is 44.4 Å². The van der Waals surface area contributed by atoms with Gasteiger partial charge in [0, 0.05) is 12.3 Å².